The van der Waals surface area contributed by atoms with E-state index in [0.29, 0.717) is 32.9 Å². The van der Waals surface area contributed by atoms with Gasteiger partial charge in [0.2, 0.25) is 5.95 Å². The topological polar surface area (TPSA) is 119 Å². The molecule has 0 unspecified atom stereocenters. The fourth-order valence-electron chi connectivity index (χ4n) is 2.30. The maximum absolute atomic E-state index is 12.1. The summed E-state index contributed by atoms with van der Waals surface area (Å²) < 4.78 is 2.17. The summed E-state index contributed by atoms with van der Waals surface area (Å²) in [5, 5.41) is 18.3. The molecule has 0 spiro atoms. The maximum atomic E-state index is 12.1. The molecule has 10 heteroatoms. The zero-order valence-electron chi connectivity index (χ0n) is 14.2. The molecule has 0 amide bonds. The Morgan fingerprint density at radius 3 is 2.42 bits per heavy atom. The number of nitrogens with zero attached hydrogens (tertiary/aromatic N) is 4. The quantitative estimate of drug-likeness (QED) is 0.495. The fraction of sp³-hybridized carbons (Fsp3) is 0.188. The van der Waals surface area contributed by atoms with E-state index in [-0.39, 0.29) is 17.2 Å². The highest BCUT2D eigenvalue weighted by molar-refractivity contribution is 9.10. The number of rotatable bonds is 4. The third-order valence-electron chi connectivity index (χ3n) is 3.91. The Bertz CT molecular complexity index is 1060. The van der Waals surface area contributed by atoms with Crippen LogP contribution in [-0.4, -0.2) is 24.7 Å². The summed E-state index contributed by atoms with van der Waals surface area (Å²) in [6.45, 7) is 5.26. The van der Waals surface area contributed by atoms with Crippen LogP contribution in [0.2, 0.25) is 0 Å². The number of non-ortho nitro benzene ring substituents is 1. The molecular formula is C16H15BrN6O3. The molecule has 0 fully saturated rings. The molecule has 0 radical (unpaired) electrons. The van der Waals surface area contributed by atoms with Crippen molar-refractivity contribution in [3.05, 3.63) is 66.2 Å². The van der Waals surface area contributed by atoms with Gasteiger partial charge in [-0.1, -0.05) is 0 Å². The molecule has 2 heterocycles. The summed E-state index contributed by atoms with van der Waals surface area (Å²) in [5.41, 5.74) is 2.23. The Kier molecular flexibility index (Phi) is 4.60. The molecule has 3 aromatic rings. The maximum Gasteiger partial charge on any atom is 0.269 e. The highest BCUT2D eigenvalue weighted by Gasteiger charge is 2.17. The predicted molar refractivity (Wildman–Crippen MR) is 100 cm³/mol. The molecule has 0 saturated heterocycles. The van der Waals surface area contributed by atoms with Crippen molar-refractivity contribution in [2.24, 2.45) is 0 Å². The molecule has 134 valence electrons. The van der Waals surface area contributed by atoms with Gasteiger partial charge in [-0.05, 0) is 48.8 Å². The lowest BCUT2D eigenvalue weighted by Crippen LogP contribution is -2.18. The number of aromatic nitrogens is 4. The third kappa shape index (κ3) is 3.23. The van der Waals surface area contributed by atoms with Crippen molar-refractivity contribution in [1.29, 1.82) is 0 Å². The van der Waals surface area contributed by atoms with Crippen molar-refractivity contribution in [2.75, 3.05) is 5.32 Å². The minimum absolute atomic E-state index is 0.000500. The summed E-state index contributed by atoms with van der Waals surface area (Å²) >= 11 is 3.47. The van der Waals surface area contributed by atoms with Gasteiger partial charge in [0.1, 0.15) is 0 Å². The number of nitrogens with one attached hydrogen (secondary N) is 2. The minimum atomic E-state index is -0.460. The number of anilines is 2. The summed E-state index contributed by atoms with van der Waals surface area (Å²) in [5.74, 6) is 0.819. The zero-order chi connectivity index (χ0) is 19.0. The van der Waals surface area contributed by atoms with Gasteiger partial charge in [0.15, 0.2) is 5.82 Å². The first-order valence-electron chi connectivity index (χ1n) is 7.62. The first-order chi connectivity index (χ1) is 12.3. The van der Waals surface area contributed by atoms with Gasteiger partial charge in [-0.3, -0.25) is 19.9 Å². The van der Waals surface area contributed by atoms with Crippen LogP contribution in [0.15, 0.2) is 33.5 Å². The molecule has 26 heavy (non-hydrogen) atoms. The number of hydrogen-bond donors (Lipinski definition) is 2. The molecule has 0 atom stereocenters. The van der Waals surface area contributed by atoms with Gasteiger partial charge in [-0.25, -0.2) is 4.98 Å². The van der Waals surface area contributed by atoms with Crippen LogP contribution < -0.4 is 10.9 Å². The SMILES string of the molecule is Cc1nn(-c2nc(C)c(C)c(=O)[nH]2)c(Nc2ccc([N+](=O)[O-])cc2)c1Br. The molecule has 0 aliphatic carbocycles. The fourth-order valence-corrected chi connectivity index (χ4v) is 2.65. The molecule has 3 rings (SSSR count). The van der Waals surface area contributed by atoms with Gasteiger partial charge in [0.05, 0.1) is 15.1 Å². The molecule has 1 aromatic carbocycles. The molecule has 2 N–H and O–H groups in total. The molecule has 0 bridgehead atoms. The summed E-state index contributed by atoms with van der Waals surface area (Å²) in [4.78, 5) is 29.5. The zero-order valence-corrected chi connectivity index (χ0v) is 15.8. The average Bonchev–Trinajstić information content (AvgIpc) is 2.88. The Hall–Kier alpha value is -3.01. The highest BCUT2D eigenvalue weighted by Crippen LogP contribution is 2.30. The largest absolute Gasteiger partial charge is 0.339 e. The van der Waals surface area contributed by atoms with Crippen molar-refractivity contribution in [3.63, 3.8) is 0 Å². The van der Waals surface area contributed by atoms with E-state index >= 15 is 0 Å². The Balaban J connectivity index is 2.06. The second kappa shape index (κ2) is 6.71. The lowest BCUT2D eigenvalue weighted by molar-refractivity contribution is -0.384. The van der Waals surface area contributed by atoms with E-state index < -0.39 is 4.92 Å². The summed E-state index contributed by atoms with van der Waals surface area (Å²) in [7, 11) is 0. The van der Waals surface area contributed by atoms with E-state index in [1.165, 1.54) is 16.8 Å². The number of halogens is 1. The van der Waals surface area contributed by atoms with Crippen molar-refractivity contribution in [3.8, 4) is 5.95 Å². The third-order valence-corrected chi connectivity index (χ3v) is 4.86. The van der Waals surface area contributed by atoms with E-state index in [2.05, 4.69) is 36.3 Å². The minimum Gasteiger partial charge on any atom is -0.339 e. The number of hydrogen-bond acceptors (Lipinski definition) is 6. The first kappa shape index (κ1) is 17.8. The van der Waals surface area contributed by atoms with Gasteiger partial charge in [-0.15, -0.1) is 0 Å². The predicted octanol–water partition coefficient (Wildman–Crippen LogP) is 3.30. The van der Waals surface area contributed by atoms with Crippen molar-refractivity contribution in [1.82, 2.24) is 19.7 Å². The number of aryl methyl sites for hydroxylation is 2. The van der Waals surface area contributed by atoms with Crippen molar-refractivity contribution < 1.29 is 4.92 Å². The molecule has 9 nitrogen and oxygen atoms in total. The van der Waals surface area contributed by atoms with Gasteiger partial charge in [-0.2, -0.15) is 9.78 Å². The highest BCUT2D eigenvalue weighted by atomic mass is 79.9. The Labute approximate surface area is 156 Å². The normalized spacial score (nSPS) is 10.8. The Morgan fingerprint density at radius 1 is 1.19 bits per heavy atom. The van der Waals surface area contributed by atoms with E-state index in [0.717, 1.165) is 0 Å². The van der Waals surface area contributed by atoms with E-state index in [1.54, 1.807) is 32.9 Å². The molecular weight excluding hydrogens is 404 g/mol. The summed E-state index contributed by atoms with van der Waals surface area (Å²) in [6.07, 6.45) is 0. The molecule has 0 aliphatic rings. The van der Waals surface area contributed by atoms with Crippen LogP contribution in [0.4, 0.5) is 17.2 Å². The van der Waals surface area contributed by atoms with Gasteiger partial charge < -0.3 is 5.32 Å². The van der Waals surface area contributed by atoms with Crippen molar-refractivity contribution >= 4 is 33.1 Å². The average molecular weight is 419 g/mol. The van der Waals surface area contributed by atoms with Crippen LogP contribution in [0.25, 0.3) is 5.95 Å². The Morgan fingerprint density at radius 2 is 1.85 bits per heavy atom. The van der Waals surface area contributed by atoms with E-state index in [9.17, 15) is 14.9 Å². The van der Waals surface area contributed by atoms with Crippen LogP contribution in [0.1, 0.15) is 17.0 Å². The number of nitro benzene ring substituents is 1. The van der Waals surface area contributed by atoms with Crippen molar-refractivity contribution in [2.45, 2.75) is 20.8 Å². The van der Waals surface area contributed by atoms with Gasteiger partial charge >= 0.3 is 0 Å². The lowest BCUT2D eigenvalue weighted by atomic mass is 10.3. The van der Waals surface area contributed by atoms with Gasteiger partial charge in [0.25, 0.3) is 11.2 Å². The molecule has 2 aromatic heterocycles. The van der Waals surface area contributed by atoms with Crippen LogP contribution in [0.3, 0.4) is 0 Å². The van der Waals surface area contributed by atoms with Crippen LogP contribution in [0.5, 0.6) is 0 Å². The second-order valence-corrected chi connectivity index (χ2v) is 6.48. The molecule has 0 aliphatic heterocycles. The van der Waals surface area contributed by atoms with E-state index in [4.69, 9.17) is 0 Å². The van der Waals surface area contributed by atoms with Crippen LogP contribution in [0, 0.1) is 30.9 Å². The smallest absolute Gasteiger partial charge is 0.269 e. The lowest BCUT2D eigenvalue weighted by Gasteiger charge is -2.10. The van der Waals surface area contributed by atoms with Crippen LogP contribution >= 0.6 is 15.9 Å². The summed E-state index contributed by atoms with van der Waals surface area (Å²) in [6, 6.07) is 5.99. The monoisotopic (exact) mass is 418 g/mol. The van der Waals surface area contributed by atoms with E-state index in [1.807, 2.05) is 0 Å². The number of benzene rings is 1. The number of aromatic amines is 1. The van der Waals surface area contributed by atoms with Gasteiger partial charge in [0, 0.05) is 29.1 Å². The number of nitro groups is 1. The first-order valence-corrected chi connectivity index (χ1v) is 8.41. The molecule has 0 saturated carbocycles. The van der Waals surface area contributed by atoms with Crippen LogP contribution in [-0.2, 0) is 0 Å². The standard InChI is InChI=1S/C16H15BrN6O3/c1-8-9(2)18-16(20-15(8)24)22-14(13(17)10(3)21-22)19-11-4-6-12(7-5-11)23(25)26/h4-7,19H,1-3H3,(H,18,20,24). The number of H-pyrrole nitrogens is 1. The second-order valence-electron chi connectivity index (χ2n) is 5.69.